The number of halogens is 1. The molecular formula is C15H16ClNO2S2. The number of fused-ring (bicyclic) bond motifs is 1. The normalized spacial score (nSPS) is 18.3. The van der Waals surface area contributed by atoms with Crippen LogP contribution < -0.4 is 5.32 Å². The SMILES string of the molecule is CS(=O)(=O)c1ccccc1NC1CCCc2sc(Cl)cc21. The minimum absolute atomic E-state index is 0.125. The second-order valence-corrected chi connectivity index (χ2v) is 9.04. The van der Waals surface area contributed by atoms with Crippen molar-refractivity contribution >= 4 is 38.5 Å². The summed E-state index contributed by atoms with van der Waals surface area (Å²) >= 11 is 7.74. The van der Waals surface area contributed by atoms with Crippen molar-refractivity contribution in [3.63, 3.8) is 0 Å². The lowest BCUT2D eigenvalue weighted by Crippen LogP contribution is -2.17. The van der Waals surface area contributed by atoms with Gasteiger partial charge in [0.05, 0.1) is 21.0 Å². The van der Waals surface area contributed by atoms with E-state index >= 15 is 0 Å². The Bertz CT molecular complexity index is 768. The van der Waals surface area contributed by atoms with Gasteiger partial charge in [0.2, 0.25) is 0 Å². The Morgan fingerprint density at radius 3 is 2.86 bits per heavy atom. The smallest absolute Gasteiger partial charge is 0.177 e. The average Bonchev–Trinajstić information content (AvgIpc) is 2.79. The lowest BCUT2D eigenvalue weighted by Gasteiger charge is -2.25. The van der Waals surface area contributed by atoms with Crippen molar-refractivity contribution < 1.29 is 8.42 Å². The van der Waals surface area contributed by atoms with E-state index in [1.165, 1.54) is 16.7 Å². The molecule has 1 aliphatic carbocycles. The Hall–Kier alpha value is -1.04. The predicted octanol–water partition coefficient (Wildman–Crippen LogP) is 4.29. The van der Waals surface area contributed by atoms with Crippen molar-refractivity contribution in [2.45, 2.75) is 30.2 Å². The number of hydrogen-bond donors (Lipinski definition) is 1. The molecule has 0 aliphatic heterocycles. The zero-order valence-electron chi connectivity index (χ0n) is 11.6. The van der Waals surface area contributed by atoms with Crippen LogP contribution in [0.2, 0.25) is 4.34 Å². The van der Waals surface area contributed by atoms with Crippen molar-refractivity contribution in [1.29, 1.82) is 0 Å². The van der Waals surface area contributed by atoms with Gasteiger partial charge in [-0.2, -0.15) is 0 Å². The van der Waals surface area contributed by atoms with Crippen LogP contribution in [0.4, 0.5) is 5.69 Å². The van der Waals surface area contributed by atoms with Crippen LogP contribution in [0.25, 0.3) is 0 Å². The highest BCUT2D eigenvalue weighted by molar-refractivity contribution is 7.90. The Kier molecular flexibility index (Phi) is 3.99. The van der Waals surface area contributed by atoms with Crippen LogP contribution in [0.15, 0.2) is 35.2 Å². The first-order valence-corrected chi connectivity index (χ1v) is 9.87. The molecule has 6 heteroatoms. The van der Waals surface area contributed by atoms with E-state index in [9.17, 15) is 8.42 Å². The minimum atomic E-state index is -3.24. The minimum Gasteiger partial charge on any atom is -0.377 e. The van der Waals surface area contributed by atoms with Crippen LogP contribution in [0.5, 0.6) is 0 Å². The predicted molar refractivity (Wildman–Crippen MR) is 88.2 cm³/mol. The highest BCUT2D eigenvalue weighted by atomic mass is 35.5. The maximum atomic E-state index is 11.9. The van der Waals surface area contributed by atoms with E-state index in [1.54, 1.807) is 23.5 Å². The standard InChI is InChI=1S/C15H16ClNO2S2/c1-21(18,19)14-8-3-2-5-12(14)17-11-6-4-7-13-10(11)9-15(16)20-13/h2-3,5,8-9,11,17H,4,6-7H2,1H3. The first-order valence-electron chi connectivity index (χ1n) is 6.79. The molecule has 0 radical (unpaired) electrons. The summed E-state index contributed by atoms with van der Waals surface area (Å²) in [5.41, 5.74) is 1.87. The molecule has 0 fully saturated rings. The third-order valence-corrected chi connectivity index (χ3v) is 6.19. The van der Waals surface area contributed by atoms with Gasteiger partial charge in [0, 0.05) is 11.1 Å². The second-order valence-electron chi connectivity index (χ2n) is 5.29. The van der Waals surface area contributed by atoms with Crippen molar-refractivity contribution in [3.8, 4) is 0 Å². The van der Waals surface area contributed by atoms with Gasteiger partial charge in [0.15, 0.2) is 9.84 Å². The van der Waals surface area contributed by atoms with E-state index < -0.39 is 9.84 Å². The molecular weight excluding hydrogens is 326 g/mol. The zero-order valence-corrected chi connectivity index (χ0v) is 14.0. The Balaban J connectivity index is 1.96. The summed E-state index contributed by atoms with van der Waals surface area (Å²) in [4.78, 5) is 1.65. The molecule has 1 heterocycles. The summed E-state index contributed by atoms with van der Waals surface area (Å²) in [7, 11) is -3.24. The maximum Gasteiger partial charge on any atom is 0.177 e. The summed E-state index contributed by atoms with van der Waals surface area (Å²) in [6, 6.07) is 9.18. The molecule has 0 saturated heterocycles. The fourth-order valence-corrected chi connectivity index (χ4v) is 5.00. The number of thiophene rings is 1. The van der Waals surface area contributed by atoms with Crippen LogP contribution in [-0.2, 0) is 16.3 Å². The van der Waals surface area contributed by atoms with Crippen molar-refractivity contribution in [2.24, 2.45) is 0 Å². The van der Waals surface area contributed by atoms with Gasteiger partial charge in [0.1, 0.15) is 0 Å². The third-order valence-electron chi connectivity index (χ3n) is 3.70. The van der Waals surface area contributed by atoms with Gasteiger partial charge in [-0.15, -0.1) is 11.3 Å². The lowest BCUT2D eigenvalue weighted by atomic mass is 9.94. The quantitative estimate of drug-likeness (QED) is 0.905. The average molecular weight is 342 g/mol. The summed E-state index contributed by atoms with van der Waals surface area (Å²) in [6.45, 7) is 0. The molecule has 21 heavy (non-hydrogen) atoms. The summed E-state index contributed by atoms with van der Waals surface area (Å²) < 4.78 is 24.6. The molecule has 1 N–H and O–H groups in total. The largest absolute Gasteiger partial charge is 0.377 e. The molecule has 0 saturated carbocycles. The number of anilines is 1. The number of aryl methyl sites for hydroxylation is 1. The highest BCUT2D eigenvalue weighted by Crippen LogP contribution is 2.40. The number of hydrogen-bond acceptors (Lipinski definition) is 4. The topological polar surface area (TPSA) is 46.2 Å². The third kappa shape index (κ3) is 3.10. The molecule has 3 nitrogen and oxygen atoms in total. The second kappa shape index (κ2) is 5.63. The monoisotopic (exact) mass is 341 g/mol. The van der Waals surface area contributed by atoms with E-state index in [-0.39, 0.29) is 6.04 Å². The molecule has 112 valence electrons. The molecule has 3 rings (SSSR count). The van der Waals surface area contributed by atoms with Gasteiger partial charge in [-0.1, -0.05) is 23.7 Å². The van der Waals surface area contributed by atoms with Crippen LogP contribution in [-0.4, -0.2) is 14.7 Å². The van der Waals surface area contributed by atoms with Crippen LogP contribution in [0.1, 0.15) is 29.3 Å². The molecule has 1 aromatic heterocycles. The fourth-order valence-electron chi connectivity index (χ4n) is 2.77. The fraction of sp³-hybridized carbons (Fsp3) is 0.333. The summed E-state index contributed by atoms with van der Waals surface area (Å²) in [6.07, 6.45) is 4.36. The van der Waals surface area contributed by atoms with Crippen molar-refractivity contribution in [2.75, 3.05) is 11.6 Å². The molecule has 0 bridgehead atoms. The summed E-state index contributed by atoms with van der Waals surface area (Å²) in [5.74, 6) is 0. The van der Waals surface area contributed by atoms with E-state index in [2.05, 4.69) is 5.32 Å². The van der Waals surface area contributed by atoms with Crippen LogP contribution >= 0.6 is 22.9 Å². The molecule has 1 unspecified atom stereocenters. The van der Waals surface area contributed by atoms with E-state index in [0.717, 1.165) is 23.6 Å². The Labute approximate surface area is 133 Å². The van der Waals surface area contributed by atoms with Gasteiger partial charge in [-0.25, -0.2) is 8.42 Å². The molecule has 1 atom stereocenters. The number of para-hydroxylation sites is 1. The van der Waals surface area contributed by atoms with E-state index in [4.69, 9.17) is 11.6 Å². The number of sulfone groups is 1. The lowest BCUT2D eigenvalue weighted by molar-refractivity contribution is 0.598. The van der Waals surface area contributed by atoms with Crippen molar-refractivity contribution in [3.05, 3.63) is 45.1 Å². The van der Waals surface area contributed by atoms with E-state index in [1.807, 2.05) is 18.2 Å². The highest BCUT2D eigenvalue weighted by Gasteiger charge is 2.24. The number of benzene rings is 1. The molecule has 0 spiro atoms. The van der Waals surface area contributed by atoms with Gasteiger partial charge in [0.25, 0.3) is 0 Å². The van der Waals surface area contributed by atoms with Crippen LogP contribution in [0.3, 0.4) is 0 Å². The van der Waals surface area contributed by atoms with Gasteiger partial charge in [-0.05, 0) is 43.0 Å². The molecule has 0 amide bonds. The number of rotatable bonds is 3. The maximum absolute atomic E-state index is 11.9. The van der Waals surface area contributed by atoms with Gasteiger partial charge in [-0.3, -0.25) is 0 Å². The van der Waals surface area contributed by atoms with Crippen LogP contribution in [0, 0.1) is 0 Å². The zero-order chi connectivity index (χ0) is 15.0. The summed E-state index contributed by atoms with van der Waals surface area (Å²) in [5, 5.41) is 3.39. The van der Waals surface area contributed by atoms with Crippen molar-refractivity contribution in [1.82, 2.24) is 0 Å². The van der Waals surface area contributed by atoms with Gasteiger partial charge >= 0.3 is 0 Å². The molecule has 1 aromatic carbocycles. The first kappa shape index (κ1) is 14.9. The first-order chi connectivity index (χ1) is 9.95. The Morgan fingerprint density at radius 1 is 1.33 bits per heavy atom. The Morgan fingerprint density at radius 2 is 2.10 bits per heavy atom. The molecule has 2 aromatic rings. The van der Waals surface area contributed by atoms with Gasteiger partial charge < -0.3 is 5.32 Å². The number of nitrogens with one attached hydrogen (secondary N) is 1. The van der Waals surface area contributed by atoms with E-state index in [0.29, 0.717) is 10.6 Å². The molecule has 1 aliphatic rings.